The van der Waals surface area contributed by atoms with Crippen molar-refractivity contribution in [1.29, 1.82) is 0 Å². The lowest BCUT2D eigenvalue weighted by Crippen LogP contribution is -2.41. The molecule has 1 fully saturated rings. The van der Waals surface area contributed by atoms with E-state index >= 15 is 0 Å². The van der Waals surface area contributed by atoms with Gasteiger partial charge in [0.15, 0.2) is 0 Å². The van der Waals surface area contributed by atoms with Crippen molar-refractivity contribution in [3.05, 3.63) is 23.7 Å². The Balaban J connectivity index is 2.21. The first-order valence-corrected chi connectivity index (χ1v) is 5.13. The van der Waals surface area contributed by atoms with Crippen molar-refractivity contribution in [2.45, 2.75) is 44.2 Å². The number of hydrogen-bond acceptors (Lipinski definition) is 3. The molecule has 1 aliphatic rings. The first-order valence-electron chi connectivity index (χ1n) is 5.13. The maximum Gasteiger partial charge on any atom is 0.126 e. The van der Waals surface area contributed by atoms with Gasteiger partial charge in [-0.25, -0.2) is 0 Å². The van der Waals surface area contributed by atoms with E-state index in [2.05, 4.69) is 0 Å². The van der Waals surface area contributed by atoms with Gasteiger partial charge in [0.1, 0.15) is 5.76 Å². The minimum absolute atomic E-state index is 0.179. The second kappa shape index (κ2) is 3.41. The SMILES string of the molecule is Cc1ccoc1C1(N)CCC(O)CC1. The van der Waals surface area contributed by atoms with E-state index in [0.29, 0.717) is 0 Å². The van der Waals surface area contributed by atoms with Crippen LogP contribution in [0.3, 0.4) is 0 Å². The van der Waals surface area contributed by atoms with Gasteiger partial charge in [-0.2, -0.15) is 0 Å². The quantitative estimate of drug-likeness (QED) is 0.716. The Morgan fingerprint density at radius 1 is 1.50 bits per heavy atom. The van der Waals surface area contributed by atoms with E-state index in [4.69, 9.17) is 10.2 Å². The predicted octanol–water partition coefficient (Wildman–Crippen LogP) is 1.68. The third kappa shape index (κ3) is 1.57. The van der Waals surface area contributed by atoms with Gasteiger partial charge < -0.3 is 15.3 Å². The van der Waals surface area contributed by atoms with Gasteiger partial charge >= 0.3 is 0 Å². The lowest BCUT2D eigenvalue weighted by atomic mass is 9.78. The van der Waals surface area contributed by atoms with Crippen LogP contribution in [0.4, 0.5) is 0 Å². The van der Waals surface area contributed by atoms with Gasteiger partial charge in [-0.15, -0.1) is 0 Å². The Hall–Kier alpha value is -0.800. The molecule has 3 heteroatoms. The van der Waals surface area contributed by atoms with Crippen LogP contribution in [0.2, 0.25) is 0 Å². The third-order valence-electron chi connectivity index (χ3n) is 3.16. The maximum absolute atomic E-state index is 9.42. The topological polar surface area (TPSA) is 59.4 Å². The highest BCUT2D eigenvalue weighted by Gasteiger charge is 2.36. The summed E-state index contributed by atoms with van der Waals surface area (Å²) >= 11 is 0. The average Bonchev–Trinajstić information content (AvgIpc) is 2.58. The first kappa shape index (κ1) is 9.74. The highest BCUT2D eigenvalue weighted by molar-refractivity contribution is 5.23. The van der Waals surface area contributed by atoms with Crippen LogP contribution in [0.5, 0.6) is 0 Å². The van der Waals surface area contributed by atoms with Crippen LogP contribution in [0, 0.1) is 6.92 Å². The van der Waals surface area contributed by atoms with Gasteiger partial charge in [-0.3, -0.25) is 0 Å². The summed E-state index contributed by atoms with van der Waals surface area (Å²) < 4.78 is 5.44. The maximum atomic E-state index is 9.42. The molecular weight excluding hydrogens is 178 g/mol. The zero-order valence-corrected chi connectivity index (χ0v) is 8.49. The molecule has 0 atom stereocenters. The van der Waals surface area contributed by atoms with Crippen LogP contribution in [0.15, 0.2) is 16.7 Å². The zero-order valence-electron chi connectivity index (χ0n) is 8.49. The normalized spacial score (nSPS) is 33.2. The number of aliphatic hydroxyl groups is 1. The van der Waals surface area contributed by atoms with Crippen molar-refractivity contribution < 1.29 is 9.52 Å². The number of furan rings is 1. The van der Waals surface area contributed by atoms with Crippen LogP contribution >= 0.6 is 0 Å². The van der Waals surface area contributed by atoms with E-state index in [0.717, 1.165) is 37.0 Å². The second-order valence-electron chi connectivity index (χ2n) is 4.32. The average molecular weight is 195 g/mol. The molecule has 0 radical (unpaired) electrons. The standard InChI is InChI=1S/C11H17NO2/c1-8-4-7-14-10(8)11(12)5-2-9(13)3-6-11/h4,7,9,13H,2-3,5-6,12H2,1H3. The third-order valence-corrected chi connectivity index (χ3v) is 3.16. The monoisotopic (exact) mass is 195 g/mol. The number of aliphatic hydroxyl groups excluding tert-OH is 1. The molecule has 3 N–H and O–H groups in total. The summed E-state index contributed by atoms with van der Waals surface area (Å²) in [6.45, 7) is 2.01. The van der Waals surface area contributed by atoms with Crippen LogP contribution < -0.4 is 5.73 Å². The summed E-state index contributed by atoms with van der Waals surface area (Å²) in [5, 5.41) is 9.42. The molecule has 0 aromatic carbocycles. The highest BCUT2D eigenvalue weighted by Crippen LogP contribution is 2.36. The molecule has 1 aromatic heterocycles. The van der Waals surface area contributed by atoms with Gasteiger partial charge in [0.25, 0.3) is 0 Å². The van der Waals surface area contributed by atoms with Gasteiger partial charge in [0.2, 0.25) is 0 Å². The molecule has 1 heterocycles. The van der Waals surface area contributed by atoms with Crippen molar-refractivity contribution in [2.75, 3.05) is 0 Å². The Bertz CT molecular complexity index is 311. The molecule has 0 amide bonds. The molecule has 1 aliphatic carbocycles. The van der Waals surface area contributed by atoms with E-state index in [9.17, 15) is 5.11 Å². The molecule has 14 heavy (non-hydrogen) atoms. The molecule has 3 nitrogen and oxygen atoms in total. The molecule has 2 rings (SSSR count). The number of rotatable bonds is 1. The minimum atomic E-state index is -0.354. The van der Waals surface area contributed by atoms with E-state index in [1.54, 1.807) is 6.26 Å². The Labute approximate surface area is 83.9 Å². The van der Waals surface area contributed by atoms with Crippen molar-refractivity contribution in [3.8, 4) is 0 Å². The summed E-state index contributed by atoms with van der Waals surface area (Å²) in [7, 11) is 0. The molecule has 0 aliphatic heterocycles. The largest absolute Gasteiger partial charge is 0.467 e. The Morgan fingerprint density at radius 2 is 2.14 bits per heavy atom. The summed E-state index contributed by atoms with van der Waals surface area (Å²) in [5.41, 5.74) is 7.04. The fraction of sp³-hybridized carbons (Fsp3) is 0.636. The summed E-state index contributed by atoms with van der Waals surface area (Å²) in [4.78, 5) is 0. The molecule has 1 saturated carbocycles. The molecule has 0 unspecified atom stereocenters. The molecular formula is C11H17NO2. The van der Waals surface area contributed by atoms with Crippen LogP contribution in [0.1, 0.15) is 37.0 Å². The highest BCUT2D eigenvalue weighted by atomic mass is 16.3. The van der Waals surface area contributed by atoms with Gasteiger partial charge in [-0.1, -0.05) is 0 Å². The molecule has 0 spiro atoms. The Kier molecular flexibility index (Phi) is 2.37. The van der Waals surface area contributed by atoms with E-state index in [-0.39, 0.29) is 11.6 Å². The van der Waals surface area contributed by atoms with Crippen molar-refractivity contribution in [3.63, 3.8) is 0 Å². The lowest BCUT2D eigenvalue weighted by Gasteiger charge is -2.34. The van der Waals surface area contributed by atoms with Gasteiger partial charge in [0.05, 0.1) is 17.9 Å². The second-order valence-corrected chi connectivity index (χ2v) is 4.32. The zero-order chi connectivity index (χ0) is 10.2. The van der Waals surface area contributed by atoms with Crippen LogP contribution in [-0.4, -0.2) is 11.2 Å². The van der Waals surface area contributed by atoms with Crippen LogP contribution in [-0.2, 0) is 5.54 Å². The molecule has 78 valence electrons. The fourth-order valence-electron chi connectivity index (χ4n) is 2.23. The molecule has 0 saturated heterocycles. The number of aryl methyl sites for hydroxylation is 1. The summed E-state index contributed by atoms with van der Waals surface area (Å²) in [5.74, 6) is 0.893. The minimum Gasteiger partial charge on any atom is -0.467 e. The van der Waals surface area contributed by atoms with Crippen molar-refractivity contribution >= 4 is 0 Å². The van der Waals surface area contributed by atoms with E-state index in [1.165, 1.54) is 0 Å². The lowest BCUT2D eigenvalue weighted by molar-refractivity contribution is 0.0891. The van der Waals surface area contributed by atoms with E-state index < -0.39 is 0 Å². The first-order chi connectivity index (χ1) is 6.62. The van der Waals surface area contributed by atoms with Crippen molar-refractivity contribution in [2.24, 2.45) is 5.73 Å². The molecule has 1 aromatic rings. The Morgan fingerprint density at radius 3 is 2.64 bits per heavy atom. The van der Waals surface area contributed by atoms with E-state index in [1.807, 2.05) is 13.0 Å². The van der Waals surface area contributed by atoms with Crippen molar-refractivity contribution in [1.82, 2.24) is 0 Å². The number of nitrogens with two attached hydrogens (primary N) is 1. The van der Waals surface area contributed by atoms with Crippen LogP contribution in [0.25, 0.3) is 0 Å². The number of hydrogen-bond donors (Lipinski definition) is 2. The smallest absolute Gasteiger partial charge is 0.126 e. The predicted molar refractivity (Wildman–Crippen MR) is 53.8 cm³/mol. The van der Waals surface area contributed by atoms with Gasteiger partial charge in [-0.05, 0) is 44.2 Å². The van der Waals surface area contributed by atoms with Gasteiger partial charge in [0, 0.05) is 0 Å². The summed E-state index contributed by atoms with van der Waals surface area (Å²) in [6.07, 6.45) is 4.67. The summed E-state index contributed by atoms with van der Waals surface area (Å²) in [6, 6.07) is 1.94. The fourth-order valence-corrected chi connectivity index (χ4v) is 2.23. The molecule has 0 bridgehead atoms.